The summed E-state index contributed by atoms with van der Waals surface area (Å²) in [6.45, 7) is 1.53. The van der Waals surface area contributed by atoms with Gasteiger partial charge in [0, 0.05) is 13.1 Å². The molecule has 1 aliphatic carbocycles. The fraction of sp³-hybridized carbons (Fsp3) is 0.600. The van der Waals surface area contributed by atoms with E-state index >= 15 is 0 Å². The van der Waals surface area contributed by atoms with Crippen molar-refractivity contribution in [1.82, 2.24) is 4.90 Å². The van der Waals surface area contributed by atoms with Crippen LogP contribution in [0.5, 0.6) is 0 Å². The molecule has 0 radical (unpaired) electrons. The Morgan fingerprint density at radius 2 is 2.54 bits per heavy atom. The number of fused-ring (bicyclic) bond motifs is 1. The van der Waals surface area contributed by atoms with Crippen LogP contribution in [0.25, 0.3) is 0 Å². The summed E-state index contributed by atoms with van der Waals surface area (Å²) >= 11 is 0. The molecule has 1 heterocycles. The van der Waals surface area contributed by atoms with Gasteiger partial charge in [-0.3, -0.25) is 4.90 Å². The van der Waals surface area contributed by atoms with Gasteiger partial charge in [0.15, 0.2) is 0 Å². The molecule has 0 amide bonds. The monoisotopic (exact) mass is 180 g/mol. The lowest BCUT2D eigenvalue weighted by molar-refractivity contribution is 0.00530. The second-order valence-electron chi connectivity index (χ2n) is 3.66. The lowest BCUT2D eigenvalue weighted by atomic mass is 10.0. The lowest BCUT2D eigenvalue weighted by Crippen LogP contribution is -2.48. The van der Waals surface area contributed by atoms with E-state index in [4.69, 9.17) is 10.5 Å². The van der Waals surface area contributed by atoms with Gasteiger partial charge in [0.1, 0.15) is 11.9 Å². The maximum Gasteiger partial charge on any atom is 0.123 e. The third-order valence-electron chi connectivity index (χ3n) is 2.67. The van der Waals surface area contributed by atoms with Gasteiger partial charge in [0.25, 0.3) is 0 Å². The molecule has 1 saturated heterocycles. The molecule has 1 fully saturated rings. The molecule has 0 aromatic carbocycles. The first-order chi connectivity index (χ1) is 6.31. The molecule has 2 atom stereocenters. The van der Waals surface area contributed by atoms with Gasteiger partial charge >= 0.3 is 0 Å². The molecular formula is C10H16N2O. The molecule has 1 aliphatic heterocycles. The molecule has 0 spiro atoms. The molecule has 2 unspecified atom stereocenters. The summed E-state index contributed by atoms with van der Waals surface area (Å²) in [5.74, 6) is 1.08. The highest BCUT2D eigenvalue weighted by molar-refractivity contribution is 5.21. The Labute approximate surface area is 78.8 Å². The third kappa shape index (κ3) is 1.62. The summed E-state index contributed by atoms with van der Waals surface area (Å²) in [6, 6.07) is 0.438. The van der Waals surface area contributed by atoms with E-state index in [0.29, 0.717) is 12.6 Å². The van der Waals surface area contributed by atoms with Crippen LogP contribution in [-0.2, 0) is 4.74 Å². The second-order valence-corrected chi connectivity index (χ2v) is 3.66. The minimum atomic E-state index is 0.166. The summed E-state index contributed by atoms with van der Waals surface area (Å²) in [4.78, 5) is 2.32. The zero-order chi connectivity index (χ0) is 9.26. The Hall–Kier alpha value is -0.800. The van der Waals surface area contributed by atoms with Crippen molar-refractivity contribution in [1.29, 1.82) is 0 Å². The predicted molar refractivity (Wildman–Crippen MR) is 52.2 cm³/mol. The molecular weight excluding hydrogens is 164 g/mol. The van der Waals surface area contributed by atoms with Gasteiger partial charge in [-0.2, -0.15) is 0 Å². The van der Waals surface area contributed by atoms with E-state index in [0.717, 1.165) is 18.7 Å². The first-order valence-electron chi connectivity index (χ1n) is 4.75. The molecule has 0 bridgehead atoms. The van der Waals surface area contributed by atoms with Crippen molar-refractivity contribution in [2.24, 2.45) is 5.73 Å². The van der Waals surface area contributed by atoms with Gasteiger partial charge in [0.2, 0.25) is 0 Å². The van der Waals surface area contributed by atoms with Gasteiger partial charge < -0.3 is 10.5 Å². The molecule has 0 aromatic heterocycles. The average Bonchev–Trinajstić information content (AvgIpc) is 2.18. The van der Waals surface area contributed by atoms with Crippen molar-refractivity contribution in [2.45, 2.75) is 18.6 Å². The number of rotatable bonds is 1. The van der Waals surface area contributed by atoms with Crippen LogP contribution in [-0.4, -0.2) is 37.2 Å². The minimum absolute atomic E-state index is 0.166. The molecule has 2 aliphatic rings. The molecule has 0 saturated carbocycles. The molecule has 72 valence electrons. The largest absolute Gasteiger partial charge is 0.490 e. The molecule has 3 nitrogen and oxygen atoms in total. The normalized spacial score (nSPS) is 33.5. The Kier molecular flexibility index (Phi) is 2.38. The topological polar surface area (TPSA) is 38.5 Å². The Morgan fingerprint density at radius 1 is 1.69 bits per heavy atom. The Balaban J connectivity index is 2.13. The second kappa shape index (κ2) is 3.52. The van der Waals surface area contributed by atoms with Crippen molar-refractivity contribution in [2.75, 3.05) is 20.1 Å². The zero-order valence-electron chi connectivity index (χ0n) is 7.94. The Morgan fingerprint density at radius 3 is 3.31 bits per heavy atom. The van der Waals surface area contributed by atoms with Gasteiger partial charge in [-0.1, -0.05) is 12.2 Å². The van der Waals surface area contributed by atoms with Crippen LogP contribution < -0.4 is 5.73 Å². The van der Waals surface area contributed by atoms with Gasteiger partial charge in [-0.25, -0.2) is 0 Å². The van der Waals surface area contributed by atoms with Crippen molar-refractivity contribution in [3.8, 4) is 0 Å². The summed E-state index contributed by atoms with van der Waals surface area (Å²) < 4.78 is 5.75. The van der Waals surface area contributed by atoms with Crippen LogP contribution >= 0.6 is 0 Å². The van der Waals surface area contributed by atoms with Crippen LogP contribution in [0, 0.1) is 0 Å². The number of hydrogen-bond acceptors (Lipinski definition) is 3. The quantitative estimate of drug-likeness (QED) is 0.638. The SMILES string of the molecule is CN1CC(CN)OC2=CC=CCC21. The zero-order valence-corrected chi connectivity index (χ0v) is 7.94. The van der Waals surface area contributed by atoms with Crippen molar-refractivity contribution < 1.29 is 4.74 Å². The van der Waals surface area contributed by atoms with Gasteiger partial charge in [0.05, 0.1) is 6.04 Å². The van der Waals surface area contributed by atoms with E-state index in [9.17, 15) is 0 Å². The van der Waals surface area contributed by atoms with Gasteiger partial charge in [-0.15, -0.1) is 0 Å². The van der Waals surface area contributed by atoms with Crippen LogP contribution in [0.2, 0.25) is 0 Å². The van der Waals surface area contributed by atoms with Crippen molar-refractivity contribution in [3.05, 3.63) is 24.0 Å². The maximum atomic E-state index is 5.75. The number of nitrogens with two attached hydrogens (primary N) is 1. The third-order valence-corrected chi connectivity index (χ3v) is 2.67. The van der Waals surface area contributed by atoms with E-state index in [1.807, 2.05) is 6.08 Å². The van der Waals surface area contributed by atoms with E-state index in [-0.39, 0.29) is 6.10 Å². The van der Waals surface area contributed by atoms with E-state index < -0.39 is 0 Å². The van der Waals surface area contributed by atoms with Crippen LogP contribution in [0.15, 0.2) is 24.0 Å². The van der Waals surface area contributed by atoms with Crippen LogP contribution in [0.1, 0.15) is 6.42 Å². The fourth-order valence-electron chi connectivity index (χ4n) is 1.91. The highest BCUT2D eigenvalue weighted by atomic mass is 16.5. The molecule has 13 heavy (non-hydrogen) atoms. The minimum Gasteiger partial charge on any atom is -0.490 e. The van der Waals surface area contributed by atoms with E-state index in [1.54, 1.807) is 0 Å². The summed E-state index contributed by atoms with van der Waals surface area (Å²) in [7, 11) is 2.13. The molecule has 3 heteroatoms. The highest BCUT2D eigenvalue weighted by Gasteiger charge is 2.30. The number of nitrogens with zero attached hydrogens (tertiary/aromatic N) is 1. The summed E-state index contributed by atoms with van der Waals surface area (Å²) in [5, 5.41) is 0. The van der Waals surface area contributed by atoms with Crippen LogP contribution in [0.3, 0.4) is 0 Å². The van der Waals surface area contributed by atoms with Crippen molar-refractivity contribution >= 4 is 0 Å². The Bertz CT molecular complexity index is 247. The fourth-order valence-corrected chi connectivity index (χ4v) is 1.91. The highest BCUT2D eigenvalue weighted by Crippen LogP contribution is 2.25. The number of ether oxygens (including phenoxy) is 1. The van der Waals surface area contributed by atoms with Crippen molar-refractivity contribution in [3.63, 3.8) is 0 Å². The van der Waals surface area contributed by atoms with E-state index in [2.05, 4.69) is 24.1 Å². The standard InChI is InChI=1S/C10H16N2O/c1-12-7-8(6-11)13-10-5-3-2-4-9(10)12/h2-3,5,8-9H,4,6-7,11H2,1H3. The average molecular weight is 180 g/mol. The molecule has 0 aromatic rings. The first kappa shape index (κ1) is 8.78. The number of allylic oxidation sites excluding steroid dienone is 2. The smallest absolute Gasteiger partial charge is 0.123 e. The maximum absolute atomic E-state index is 5.75. The summed E-state index contributed by atoms with van der Waals surface area (Å²) in [5.41, 5.74) is 5.59. The molecule has 2 rings (SSSR count). The van der Waals surface area contributed by atoms with Gasteiger partial charge in [-0.05, 0) is 19.5 Å². The number of morpholine rings is 1. The number of hydrogen-bond donors (Lipinski definition) is 1. The van der Waals surface area contributed by atoms with Crippen LogP contribution in [0.4, 0.5) is 0 Å². The lowest BCUT2D eigenvalue weighted by Gasteiger charge is -2.39. The molecule has 2 N–H and O–H groups in total. The summed E-state index contributed by atoms with van der Waals surface area (Å²) in [6.07, 6.45) is 7.50. The predicted octanol–water partition coefficient (Wildman–Crippen LogP) is 0.488. The number of likely N-dealkylation sites (N-methyl/N-ethyl adjacent to an activating group) is 1. The first-order valence-corrected chi connectivity index (χ1v) is 4.75. The van der Waals surface area contributed by atoms with E-state index in [1.165, 1.54) is 0 Å².